The van der Waals surface area contributed by atoms with Crippen LogP contribution < -0.4 is 16.2 Å². The van der Waals surface area contributed by atoms with E-state index in [0.29, 0.717) is 10.9 Å². The Morgan fingerprint density at radius 1 is 1.26 bits per heavy atom. The van der Waals surface area contributed by atoms with Crippen molar-refractivity contribution in [2.75, 3.05) is 13.6 Å². The predicted octanol–water partition coefficient (Wildman–Crippen LogP) is 0.801. The number of amides is 2. The second-order valence-electron chi connectivity index (χ2n) is 4.93. The van der Waals surface area contributed by atoms with Gasteiger partial charge in [-0.2, -0.15) is 0 Å². The molecule has 2 amide bonds. The number of fused-ring (bicyclic) bond motifs is 1. The molecule has 0 fully saturated rings. The van der Waals surface area contributed by atoms with Crippen molar-refractivity contribution >= 4 is 38.6 Å². The second kappa shape index (κ2) is 7.87. The highest BCUT2D eigenvalue weighted by Crippen LogP contribution is 2.14. The van der Waals surface area contributed by atoms with Gasteiger partial charge in [-0.05, 0) is 18.2 Å². The molecule has 0 radical (unpaired) electrons. The Morgan fingerprint density at radius 2 is 2.04 bits per heavy atom. The van der Waals surface area contributed by atoms with Crippen molar-refractivity contribution in [3.8, 4) is 0 Å². The van der Waals surface area contributed by atoms with Crippen LogP contribution in [0, 0.1) is 0 Å². The van der Waals surface area contributed by atoms with E-state index >= 15 is 0 Å². The number of benzene rings is 1. The van der Waals surface area contributed by atoms with Gasteiger partial charge in [0.05, 0.1) is 17.2 Å². The lowest BCUT2D eigenvalue weighted by Crippen LogP contribution is -2.30. The minimum absolute atomic E-state index is 0.133. The van der Waals surface area contributed by atoms with E-state index in [1.54, 1.807) is 19.2 Å². The van der Waals surface area contributed by atoms with Crippen LogP contribution in [0.2, 0.25) is 0 Å². The van der Waals surface area contributed by atoms with E-state index in [2.05, 4.69) is 31.5 Å². The lowest BCUT2D eigenvalue weighted by molar-refractivity contribution is -0.122. The van der Waals surface area contributed by atoms with E-state index in [1.165, 1.54) is 10.9 Å². The molecule has 2 rings (SSSR count). The van der Waals surface area contributed by atoms with Gasteiger partial charge in [0.1, 0.15) is 0 Å². The number of nitrogens with zero attached hydrogens (tertiary/aromatic N) is 2. The van der Waals surface area contributed by atoms with Crippen molar-refractivity contribution in [3.63, 3.8) is 0 Å². The molecule has 2 aromatic rings. The van der Waals surface area contributed by atoms with E-state index in [-0.39, 0.29) is 43.3 Å². The highest BCUT2D eigenvalue weighted by molar-refractivity contribution is 9.10. The summed E-state index contributed by atoms with van der Waals surface area (Å²) < 4.78 is 2.21. The third-order valence-corrected chi connectivity index (χ3v) is 3.81. The molecule has 8 heteroatoms. The molecule has 0 saturated carbocycles. The summed E-state index contributed by atoms with van der Waals surface area (Å²) in [4.78, 5) is 39.3. The van der Waals surface area contributed by atoms with Gasteiger partial charge in [0.15, 0.2) is 0 Å². The van der Waals surface area contributed by atoms with Crippen LogP contribution in [0.15, 0.2) is 33.8 Å². The first-order valence-electron chi connectivity index (χ1n) is 7.13. The Morgan fingerprint density at radius 3 is 2.78 bits per heavy atom. The molecule has 1 heterocycles. The van der Waals surface area contributed by atoms with Crippen molar-refractivity contribution in [1.82, 2.24) is 20.2 Å². The maximum absolute atomic E-state index is 12.4. The molecular weight excluding hydrogens is 364 g/mol. The fourth-order valence-electron chi connectivity index (χ4n) is 2.04. The molecule has 0 atom stereocenters. The van der Waals surface area contributed by atoms with E-state index in [4.69, 9.17) is 0 Å². The first-order chi connectivity index (χ1) is 11.0. The first kappa shape index (κ1) is 17.1. The molecule has 23 heavy (non-hydrogen) atoms. The highest BCUT2D eigenvalue weighted by atomic mass is 79.9. The van der Waals surface area contributed by atoms with Crippen LogP contribution in [0.25, 0.3) is 10.9 Å². The first-order valence-corrected chi connectivity index (χ1v) is 7.92. The van der Waals surface area contributed by atoms with Crippen LogP contribution in [0.3, 0.4) is 0 Å². The Hall–Kier alpha value is -2.22. The highest BCUT2D eigenvalue weighted by Gasteiger charge is 2.07. The van der Waals surface area contributed by atoms with Crippen molar-refractivity contribution in [2.24, 2.45) is 0 Å². The lowest BCUT2D eigenvalue weighted by Gasteiger charge is -2.07. The Kier molecular flexibility index (Phi) is 5.86. The maximum Gasteiger partial charge on any atom is 0.261 e. The largest absolute Gasteiger partial charge is 0.359 e. The molecule has 0 aliphatic carbocycles. The average Bonchev–Trinajstić information content (AvgIpc) is 2.54. The minimum Gasteiger partial charge on any atom is -0.359 e. The normalized spacial score (nSPS) is 10.5. The van der Waals surface area contributed by atoms with Gasteiger partial charge < -0.3 is 10.6 Å². The molecular formula is C15H17BrN4O3. The van der Waals surface area contributed by atoms with Gasteiger partial charge in [-0.1, -0.05) is 15.9 Å². The quantitative estimate of drug-likeness (QED) is 0.774. The Labute approximate surface area is 141 Å². The molecule has 0 saturated heterocycles. The predicted molar refractivity (Wildman–Crippen MR) is 90.0 cm³/mol. The third-order valence-electron chi connectivity index (χ3n) is 3.32. The number of nitrogens with one attached hydrogen (secondary N) is 2. The smallest absolute Gasteiger partial charge is 0.261 e. The van der Waals surface area contributed by atoms with Gasteiger partial charge in [0, 0.05) is 37.5 Å². The number of aryl methyl sites for hydroxylation is 1. The summed E-state index contributed by atoms with van der Waals surface area (Å²) in [5.41, 5.74) is 0.430. The zero-order valence-corrected chi connectivity index (χ0v) is 14.2. The number of hydrogen-bond acceptors (Lipinski definition) is 4. The monoisotopic (exact) mass is 380 g/mol. The van der Waals surface area contributed by atoms with Crippen LogP contribution in [0.5, 0.6) is 0 Å². The topological polar surface area (TPSA) is 93.1 Å². The fraction of sp³-hybridized carbons (Fsp3) is 0.333. The Bertz CT molecular complexity index is 788. The fourth-order valence-corrected chi connectivity index (χ4v) is 2.40. The molecule has 0 spiro atoms. The van der Waals surface area contributed by atoms with Gasteiger partial charge in [0.2, 0.25) is 11.8 Å². The maximum atomic E-state index is 12.4. The van der Waals surface area contributed by atoms with Crippen LogP contribution in [0.4, 0.5) is 0 Å². The van der Waals surface area contributed by atoms with E-state index < -0.39 is 0 Å². The summed E-state index contributed by atoms with van der Waals surface area (Å²) in [6, 6.07) is 5.29. The number of aromatic nitrogens is 2. The lowest BCUT2D eigenvalue weighted by atomic mass is 10.2. The van der Waals surface area contributed by atoms with Gasteiger partial charge in [-0.3, -0.25) is 19.0 Å². The molecule has 0 unspecified atom stereocenters. The molecule has 2 N–H and O–H groups in total. The standard InChI is InChI=1S/C15H17BrN4O3/c1-17-13(21)4-6-18-14(22)5-7-20-9-19-12-3-2-10(16)8-11(12)15(20)23/h2-3,8-9H,4-7H2,1H3,(H,17,21)(H,18,22). The number of hydrogen-bond donors (Lipinski definition) is 2. The molecule has 0 aliphatic heterocycles. The molecule has 122 valence electrons. The second-order valence-corrected chi connectivity index (χ2v) is 5.84. The summed E-state index contributed by atoms with van der Waals surface area (Å²) in [6.07, 6.45) is 1.82. The van der Waals surface area contributed by atoms with Gasteiger partial charge >= 0.3 is 0 Å². The molecule has 0 bridgehead atoms. The number of carbonyl (C=O) groups excluding carboxylic acids is 2. The molecule has 0 aliphatic rings. The Balaban J connectivity index is 1.97. The summed E-state index contributed by atoms with van der Waals surface area (Å²) in [5.74, 6) is -0.346. The number of carbonyl (C=O) groups is 2. The summed E-state index contributed by atoms with van der Waals surface area (Å²) in [5, 5.41) is 5.62. The van der Waals surface area contributed by atoms with Gasteiger partial charge in [-0.15, -0.1) is 0 Å². The average molecular weight is 381 g/mol. The summed E-state index contributed by atoms with van der Waals surface area (Å²) in [6.45, 7) is 0.510. The van der Waals surface area contributed by atoms with Gasteiger partial charge in [0.25, 0.3) is 5.56 Å². The van der Waals surface area contributed by atoms with Crippen molar-refractivity contribution in [2.45, 2.75) is 19.4 Å². The zero-order chi connectivity index (χ0) is 16.8. The van der Waals surface area contributed by atoms with Crippen LogP contribution in [-0.4, -0.2) is 35.0 Å². The minimum atomic E-state index is -0.213. The molecule has 1 aromatic heterocycles. The molecule has 1 aromatic carbocycles. The third kappa shape index (κ3) is 4.62. The van der Waals surface area contributed by atoms with E-state index in [9.17, 15) is 14.4 Å². The van der Waals surface area contributed by atoms with Gasteiger partial charge in [-0.25, -0.2) is 4.98 Å². The summed E-state index contributed by atoms with van der Waals surface area (Å²) in [7, 11) is 1.54. The molecule has 7 nitrogen and oxygen atoms in total. The SMILES string of the molecule is CNC(=O)CCNC(=O)CCn1cnc2ccc(Br)cc2c1=O. The summed E-state index contributed by atoms with van der Waals surface area (Å²) >= 11 is 3.33. The van der Waals surface area contributed by atoms with Crippen LogP contribution in [0.1, 0.15) is 12.8 Å². The van der Waals surface area contributed by atoms with Crippen molar-refractivity contribution < 1.29 is 9.59 Å². The van der Waals surface area contributed by atoms with E-state index in [0.717, 1.165) is 4.47 Å². The van der Waals surface area contributed by atoms with Crippen LogP contribution >= 0.6 is 15.9 Å². The zero-order valence-electron chi connectivity index (χ0n) is 12.6. The number of rotatable bonds is 6. The van der Waals surface area contributed by atoms with Crippen molar-refractivity contribution in [3.05, 3.63) is 39.4 Å². The van der Waals surface area contributed by atoms with Crippen molar-refractivity contribution in [1.29, 1.82) is 0 Å². The number of halogens is 1. The van der Waals surface area contributed by atoms with E-state index in [1.807, 2.05) is 6.07 Å². The van der Waals surface area contributed by atoms with Crippen LogP contribution in [-0.2, 0) is 16.1 Å².